The van der Waals surface area contributed by atoms with Gasteiger partial charge >= 0.3 is 0 Å². The molecule has 2 aromatic heterocycles. The third-order valence-corrected chi connectivity index (χ3v) is 9.95. The van der Waals surface area contributed by atoms with E-state index in [1.165, 1.54) is 45.2 Å². The van der Waals surface area contributed by atoms with E-state index in [1.54, 1.807) is 18.2 Å². The number of anilines is 1. The molecule has 0 unspecified atom stereocenters. The fraction of sp³-hybridized carbons (Fsp3) is 0.455. The van der Waals surface area contributed by atoms with Crippen molar-refractivity contribution in [1.29, 1.82) is 0 Å². The van der Waals surface area contributed by atoms with Crippen LogP contribution in [0.25, 0.3) is 5.69 Å². The smallest absolute Gasteiger partial charge is 0.243 e. The molecule has 0 spiro atoms. The lowest BCUT2D eigenvalue weighted by Crippen LogP contribution is -2.33. The minimum Gasteiger partial charge on any atom is -0.494 e. The number of aromatic nitrogens is 5. The van der Waals surface area contributed by atoms with Crippen molar-refractivity contribution in [2.45, 2.75) is 30.6 Å². The van der Waals surface area contributed by atoms with Gasteiger partial charge in [-0.3, -0.25) is 18.4 Å². The molecule has 1 aliphatic rings. The summed E-state index contributed by atoms with van der Waals surface area (Å²) in [4.78, 5) is 8.20. The van der Waals surface area contributed by atoms with Crippen LogP contribution in [0.1, 0.15) is 37.0 Å². The highest BCUT2D eigenvalue weighted by Gasteiger charge is 2.38. The molecule has 208 valence electrons. The molecular weight excluding hydrogens is 560 g/mol. The Morgan fingerprint density at radius 2 is 1.76 bits per heavy atom. The second-order valence-corrected chi connectivity index (χ2v) is 13.5. The summed E-state index contributed by atoms with van der Waals surface area (Å²) in [5.74, 6) is 0.963. The van der Waals surface area contributed by atoms with Crippen LogP contribution in [0.2, 0.25) is 5.02 Å². The lowest BCUT2D eigenvalue weighted by molar-refractivity contribution is 0.0950. The quantitative estimate of drug-likeness (QED) is 0.316. The van der Waals surface area contributed by atoms with E-state index in [0.717, 1.165) is 0 Å². The molecule has 0 bridgehead atoms. The maximum Gasteiger partial charge on any atom is 0.243 e. The zero-order valence-electron chi connectivity index (χ0n) is 21.1. The van der Waals surface area contributed by atoms with Gasteiger partial charge in [0.05, 0.1) is 19.2 Å². The molecule has 13 nitrogen and oxygen atoms in total. The van der Waals surface area contributed by atoms with Crippen molar-refractivity contribution in [1.82, 2.24) is 24.7 Å². The molecule has 1 fully saturated rings. The zero-order chi connectivity index (χ0) is 27.7. The Balaban J connectivity index is 1.79. The van der Waals surface area contributed by atoms with Crippen LogP contribution >= 0.6 is 22.2 Å². The predicted octanol–water partition coefficient (Wildman–Crippen LogP) is 3.48. The van der Waals surface area contributed by atoms with Crippen LogP contribution in [-0.4, -0.2) is 80.3 Å². The summed E-state index contributed by atoms with van der Waals surface area (Å²) in [5, 5.41) is 7.54. The van der Waals surface area contributed by atoms with Gasteiger partial charge in [0.15, 0.2) is 5.82 Å². The highest BCUT2D eigenvalue weighted by Crippen LogP contribution is 2.52. The second-order valence-electron chi connectivity index (χ2n) is 8.65. The lowest BCUT2D eigenvalue weighted by Gasteiger charge is -2.26. The average molecular weight is 589 g/mol. The standard InChI is InChI=1S/C22H29ClN6O7S2/c1-13(19(36-4)20-24-10-15(23)11-25-20)38(32,33)28-22-27-26-21(14-8-9-37(30,31)12-14)29(22)18-16(34-2)6-5-7-17(18)35-3/h5-7,10-11,13-14,19,30-31H,8-9,12H2,1-4H3,(H,27,28)/t13-,14-,19-/m0/s1. The average Bonchev–Trinajstić information content (AvgIpc) is 3.46. The van der Waals surface area contributed by atoms with Gasteiger partial charge in [-0.05, 0) is 25.5 Å². The molecule has 0 saturated carbocycles. The van der Waals surface area contributed by atoms with Gasteiger partial charge < -0.3 is 14.2 Å². The van der Waals surface area contributed by atoms with Crippen molar-refractivity contribution in [2.75, 3.05) is 37.6 Å². The van der Waals surface area contributed by atoms with Crippen LogP contribution in [0.4, 0.5) is 5.95 Å². The number of hydrogen-bond donors (Lipinski definition) is 3. The number of sulfonamides is 1. The SMILES string of the molecule is COc1cccc(OC)c1-n1c(NS(=O)(=O)[C@@H](C)[C@H](OC)c2ncc(Cl)cn2)nnc1[C@H]1CCS(O)(O)C1. The lowest BCUT2D eigenvalue weighted by atomic mass is 10.1. The van der Waals surface area contributed by atoms with Crippen molar-refractivity contribution < 1.29 is 31.7 Å². The topological polar surface area (TPSA) is 171 Å². The molecule has 3 heterocycles. The number of hydrogen-bond acceptors (Lipinski definition) is 11. The molecule has 16 heteroatoms. The highest BCUT2D eigenvalue weighted by atomic mass is 35.5. The number of benzene rings is 1. The fourth-order valence-corrected chi connectivity index (χ4v) is 7.30. The first-order chi connectivity index (χ1) is 18.0. The molecule has 1 aromatic carbocycles. The number of methoxy groups -OCH3 is 3. The second kappa shape index (κ2) is 11.2. The van der Waals surface area contributed by atoms with Crippen LogP contribution in [0.15, 0.2) is 30.6 Å². The van der Waals surface area contributed by atoms with Gasteiger partial charge in [-0.25, -0.2) is 18.4 Å². The van der Waals surface area contributed by atoms with E-state index in [-0.39, 0.29) is 23.3 Å². The summed E-state index contributed by atoms with van der Waals surface area (Å²) < 4.78 is 68.2. The van der Waals surface area contributed by atoms with E-state index in [2.05, 4.69) is 24.9 Å². The normalized spacial score (nSPS) is 19.5. The summed E-state index contributed by atoms with van der Waals surface area (Å²) in [6.07, 6.45) is 2.11. The van der Waals surface area contributed by atoms with Gasteiger partial charge in [-0.1, -0.05) is 17.7 Å². The highest BCUT2D eigenvalue weighted by molar-refractivity contribution is 8.24. The summed E-state index contributed by atoms with van der Waals surface area (Å²) in [5.41, 5.74) is 0.357. The van der Waals surface area contributed by atoms with Crippen LogP contribution in [0, 0.1) is 0 Å². The molecule has 0 radical (unpaired) electrons. The third-order valence-electron chi connectivity index (χ3n) is 6.24. The largest absolute Gasteiger partial charge is 0.494 e. The minimum absolute atomic E-state index is 0.0748. The molecule has 38 heavy (non-hydrogen) atoms. The molecule has 3 aromatic rings. The van der Waals surface area contributed by atoms with Gasteiger partial charge in [-0.15, -0.1) is 10.2 Å². The minimum atomic E-state index is -4.17. The predicted molar refractivity (Wildman–Crippen MR) is 143 cm³/mol. The van der Waals surface area contributed by atoms with Crippen molar-refractivity contribution in [2.24, 2.45) is 0 Å². The van der Waals surface area contributed by atoms with Crippen LogP contribution in [0.3, 0.4) is 0 Å². The molecule has 0 amide bonds. The molecule has 1 saturated heterocycles. The number of rotatable bonds is 10. The Bertz CT molecular complexity index is 1370. The summed E-state index contributed by atoms with van der Waals surface area (Å²) in [7, 11) is -2.67. The fourth-order valence-electron chi connectivity index (χ4n) is 4.28. The first-order valence-corrected chi connectivity index (χ1v) is 15.2. The van der Waals surface area contributed by atoms with Crippen LogP contribution < -0.4 is 14.2 Å². The van der Waals surface area contributed by atoms with E-state index in [4.69, 9.17) is 25.8 Å². The molecule has 3 N–H and O–H groups in total. The zero-order valence-corrected chi connectivity index (χ0v) is 23.5. The number of ether oxygens (including phenoxy) is 3. The third kappa shape index (κ3) is 5.67. The Labute approximate surface area is 226 Å². The van der Waals surface area contributed by atoms with Gasteiger partial charge in [0.2, 0.25) is 16.0 Å². The Hall–Kier alpha value is -2.69. The molecule has 0 aliphatic carbocycles. The summed E-state index contributed by atoms with van der Waals surface area (Å²) in [6, 6.07) is 5.09. The van der Waals surface area contributed by atoms with Gasteiger partial charge in [0.1, 0.15) is 34.4 Å². The number of nitrogens with one attached hydrogen (secondary N) is 1. The van der Waals surface area contributed by atoms with Gasteiger partial charge in [-0.2, -0.15) is 10.6 Å². The molecular formula is C22H29ClN6O7S2. The molecule has 3 atom stereocenters. The number of nitrogens with zero attached hydrogens (tertiary/aromatic N) is 5. The number of para-hydroxylation sites is 1. The van der Waals surface area contributed by atoms with E-state index >= 15 is 0 Å². The Morgan fingerprint density at radius 3 is 2.29 bits per heavy atom. The maximum absolute atomic E-state index is 13.6. The Kier molecular flexibility index (Phi) is 8.34. The van der Waals surface area contributed by atoms with Crippen molar-refractivity contribution in [3.63, 3.8) is 0 Å². The summed E-state index contributed by atoms with van der Waals surface area (Å²) in [6.45, 7) is 1.45. The first kappa shape index (κ1) is 28.3. The van der Waals surface area contributed by atoms with E-state index in [1.807, 2.05) is 0 Å². The van der Waals surface area contributed by atoms with Crippen molar-refractivity contribution >= 4 is 38.2 Å². The van der Waals surface area contributed by atoms with Crippen LogP contribution in [0.5, 0.6) is 11.5 Å². The van der Waals surface area contributed by atoms with E-state index in [9.17, 15) is 17.5 Å². The van der Waals surface area contributed by atoms with Gasteiger partial charge in [0.25, 0.3) is 0 Å². The van der Waals surface area contributed by atoms with E-state index in [0.29, 0.717) is 34.5 Å². The van der Waals surface area contributed by atoms with Crippen molar-refractivity contribution in [3.05, 3.63) is 47.3 Å². The van der Waals surface area contributed by atoms with Crippen LogP contribution in [-0.2, 0) is 14.8 Å². The monoisotopic (exact) mass is 588 g/mol. The first-order valence-electron chi connectivity index (χ1n) is 11.4. The van der Waals surface area contributed by atoms with E-state index < -0.39 is 37.9 Å². The summed E-state index contributed by atoms with van der Waals surface area (Å²) >= 11 is 5.87. The van der Waals surface area contributed by atoms with Crippen molar-refractivity contribution in [3.8, 4) is 17.2 Å². The Morgan fingerprint density at radius 1 is 1.13 bits per heavy atom. The van der Waals surface area contributed by atoms with Gasteiger partial charge in [0, 0.05) is 36.9 Å². The molecule has 4 rings (SSSR count). The molecule has 1 aliphatic heterocycles. The maximum atomic E-state index is 13.6. The number of halogens is 1.